The van der Waals surface area contributed by atoms with Crippen LogP contribution in [0.4, 0.5) is 0 Å². The van der Waals surface area contributed by atoms with Crippen molar-refractivity contribution in [1.82, 2.24) is 10.3 Å². The van der Waals surface area contributed by atoms with E-state index in [2.05, 4.69) is 17.2 Å². The molecule has 1 saturated carbocycles. The van der Waals surface area contributed by atoms with E-state index in [0.717, 1.165) is 23.6 Å². The molecule has 20 heavy (non-hydrogen) atoms. The molecule has 4 nitrogen and oxygen atoms in total. The normalized spacial score (nSPS) is 22.7. The van der Waals surface area contributed by atoms with Crippen LogP contribution in [0.3, 0.4) is 0 Å². The van der Waals surface area contributed by atoms with Crippen molar-refractivity contribution in [2.24, 2.45) is 0 Å². The molecule has 0 spiro atoms. The molecule has 0 bridgehead atoms. The minimum Gasteiger partial charge on any atom is -0.378 e. The Labute approximate surface area is 128 Å². The second-order valence-electron chi connectivity index (χ2n) is 4.97. The van der Waals surface area contributed by atoms with Crippen molar-refractivity contribution < 1.29 is 9.53 Å². The number of methoxy groups -OCH3 is 1. The van der Waals surface area contributed by atoms with E-state index in [-0.39, 0.29) is 5.91 Å². The SMILES string of the molecule is CCSC1CCCC(NC(=O)c2csc(COC)n2)C1. The van der Waals surface area contributed by atoms with E-state index in [1.165, 1.54) is 24.2 Å². The Kier molecular flexibility index (Phi) is 6.32. The van der Waals surface area contributed by atoms with Crippen LogP contribution in [0, 0.1) is 0 Å². The topological polar surface area (TPSA) is 51.2 Å². The predicted octanol–water partition coefficient (Wildman–Crippen LogP) is 3.08. The molecule has 0 aliphatic heterocycles. The summed E-state index contributed by atoms with van der Waals surface area (Å²) in [6.07, 6.45) is 4.65. The molecule has 1 aliphatic carbocycles. The van der Waals surface area contributed by atoms with E-state index in [4.69, 9.17) is 4.74 Å². The Morgan fingerprint density at radius 1 is 1.60 bits per heavy atom. The van der Waals surface area contributed by atoms with Crippen molar-refractivity contribution in [3.63, 3.8) is 0 Å². The van der Waals surface area contributed by atoms with Crippen molar-refractivity contribution >= 4 is 29.0 Å². The summed E-state index contributed by atoms with van der Waals surface area (Å²) in [6.45, 7) is 2.66. The third-order valence-electron chi connectivity index (χ3n) is 3.42. The largest absolute Gasteiger partial charge is 0.378 e. The van der Waals surface area contributed by atoms with E-state index in [0.29, 0.717) is 23.6 Å². The van der Waals surface area contributed by atoms with E-state index in [1.807, 2.05) is 17.1 Å². The van der Waals surface area contributed by atoms with Crippen molar-refractivity contribution in [2.75, 3.05) is 12.9 Å². The van der Waals surface area contributed by atoms with Gasteiger partial charge in [0.2, 0.25) is 0 Å². The molecule has 2 atom stereocenters. The highest BCUT2D eigenvalue weighted by atomic mass is 32.2. The van der Waals surface area contributed by atoms with Crippen molar-refractivity contribution in [1.29, 1.82) is 0 Å². The van der Waals surface area contributed by atoms with Gasteiger partial charge >= 0.3 is 0 Å². The maximum Gasteiger partial charge on any atom is 0.270 e. The molecule has 1 amide bonds. The van der Waals surface area contributed by atoms with Gasteiger partial charge in [0.25, 0.3) is 5.91 Å². The summed E-state index contributed by atoms with van der Waals surface area (Å²) < 4.78 is 5.03. The second kappa shape index (κ2) is 8.00. The highest BCUT2D eigenvalue weighted by Crippen LogP contribution is 2.28. The summed E-state index contributed by atoms with van der Waals surface area (Å²) >= 11 is 3.48. The van der Waals surface area contributed by atoms with Gasteiger partial charge in [-0.3, -0.25) is 4.79 Å². The van der Waals surface area contributed by atoms with Crippen LogP contribution in [-0.4, -0.2) is 35.0 Å². The first-order chi connectivity index (χ1) is 9.72. The van der Waals surface area contributed by atoms with Crippen molar-refractivity contribution in [3.8, 4) is 0 Å². The molecule has 0 saturated heterocycles. The number of carbonyl (C=O) groups excluding carboxylic acids is 1. The smallest absolute Gasteiger partial charge is 0.270 e. The molecule has 1 aromatic heterocycles. The maximum absolute atomic E-state index is 12.2. The van der Waals surface area contributed by atoms with Crippen LogP contribution < -0.4 is 5.32 Å². The Balaban J connectivity index is 1.86. The molecule has 6 heteroatoms. The highest BCUT2D eigenvalue weighted by Gasteiger charge is 2.24. The van der Waals surface area contributed by atoms with Crippen LogP contribution in [0.2, 0.25) is 0 Å². The zero-order valence-corrected chi connectivity index (χ0v) is 13.7. The molecular weight excluding hydrogens is 292 g/mol. The number of carbonyl (C=O) groups is 1. The summed E-state index contributed by atoms with van der Waals surface area (Å²) in [5.41, 5.74) is 0.521. The van der Waals surface area contributed by atoms with Gasteiger partial charge in [0.15, 0.2) is 0 Å². The van der Waals surface area contributed by atoms with Crippen LogP contribution in [-0.2, 0) is 11.3 Å². The Hall–Kier alpha value is -0.590. The van der Waals surface area contributed by atoms with Gasteiger partial charge in [-0.15, -0.1) is 11.3 Å². The van der Waals surface area contributed by atoms with Gasteiger partial charge in [0.1, 0.15) is 10.7 Å². The van der Waals surface area contributed by atoms with E-state index < -0.39 is 0 Å². The zero-order valence-electron chi connectivity index (χ0n) is 12.1. The van der Waals surface area contributed by atoms with Crippen LogP contribution >= 0.6 is 23.1 Å². The van der Waals surface area contributed by atoms with E-state index in [9.17, 15) is 4.79 Å². The lowest BCUT2D eigenvalue weighted by Crippen LogP contribution is -2.39. The molecule has 0 aromatic carbocycles. The first kappa shape index (κ1) is 15.8. The van der Waals surface area contributed by atoms with Gasteiger partial charge < -0.3 is 10.1 Å². The third kappa shape index (κ3) is 4.46. The predicted molar refractivity (Wildman–Crippen MR) is 84.5 cm³/mol. The van der Waals surface area contributed by atoms with Crippen molar-refractivity contribution in [2.45, 2.75) is 50.5 Å². The van der Waals surface area contributed by atoms with Gasteiger partial charge in [0.05, 0.1) is 6.61 Å². The number of ether oxygens (including phenoxy) is 1. The number of aromatic nitrogens is 1. The lowest BCUT2D eigenvalue weighted by molar-refractivity contribution is 0.0923. The number of hydrogen-bond donors (Lipinski definition) is 1. The average molecular weight is 314 g/mol. The number of thiazole rings is 1. The van der Waals surface area contributed by atoms with Gasteiger partial charge in [-0.05, 0) is 25.0 Å². The Morgan fingerprint density at radius 3 is 3.20 bits per heavy atom. The average Bonchev–Trinajstić information content (AvgIpc) is 2.89. The summed E-state index contributed by atoms with van der Waals surface area (Å²) in [7, 11) is 1.63. The fourth-order valence-corrected chi connectivity index (χ4v) is 4.44. The number of hydrogen-bond acceptors (Lipinski definition) is 5. The number of rotatable bonds is 6. The minimum atomic E-state index is -0.0456. The highest BCUT2D eigenvalue weighted by molar-refractivity contribution is 7.99. The fourth-order valence-electron chi connectivity index (χ4n) is 2.53. The maximum atomic E-state index is 12.2. The lowest BCUT2D eigenvalue weighted by atomic mass is 9.95. The summed E-state index contributed by atoms with van der Waals surface area (Å²) in [4.78, 5) is 16.5. The molecule has 0 radical (unpaired) electrons. The molecule has 2 unspecified atom stereocenters. The van der Waals surface area contributed by atoms with E-state index >= 15 is 0 Å². The van der Waals surface area contributed by atoms with Crippen LogP contribution in [0.5, 0.6) is 0 Å². The van der Waals surface area contributed by atoms with Gasteiger partial charge in [-0.1, -0.05) is 13.3 Å². The monoisotopic (exact) mass is 314 g/mol. The van der Waals surface area contributed by atoms with Gasteiger partial charge in [-0.25, -0.2) is 4.98 Å². The summed E-state index contributed by atoms with van der Waals surface area (Å²) in [5, 5.41) is 6.48. The fraction of sp³-hybridized carbons (Fsp3) is 0.714. The number of thioether (sulfide) groups is 1. The summed E-state index contributed by atoms with van der Waals surface area (Å²) in [5.74, 6) is 1.10. The lowest BCUT2D eigenvalue weighted by Gasteiger charge is -2.29. The Morgan fingerprint density at radius 2 is 2.45 bits per heavy atom. The molecule has 1 N–H and O–H groups in total. The van der Waals surface area contributed by atoms with Gasteiger partial charge in [0, 0.05) is 23.8 Å². The number of nitrogens with zero attached hydrogens (tertiary/aromatic N) is 1. The number of nitrogens with one attached hydrogen (secondary N) is 1. The van der Waals surface area contributed by atoms with Crippen LogP contribution in [0.15, 0.2) is 5.38 Å². The molecule has 1 aromatic rings. The zero-order chi connectivity index (χ0) is 14.4. The second-order valence-corrected chi connectivity index (χ2v) is 7.49. The third-order valence-corrected chi connectivity index (χ3v) is 5.47. The molecule has 1 aliphatic rings. The molecule has 1 heterocycles. The first-order valence-corrected chi connectivity index (χ1v) is 9.01. The van der Waals surface area contributed by atoms with Crippen LogP contribution in [0.1, 0.15) is 48.1 Å². The molecule has 1 fully saturated rings. The van der Waals surface area contributed by atoms with E-state index in [1.54, 1.807) is 7.11 Å². The molecule has 2 rings (SSSR count). The minimum absolute atomic E-state index is 0.0456. The molecule has 112 valence electrons. The molecular formula is C14H22N2O2S2. The first-order valence-electron chi connectivity index (χ1n) is 7.08. The standard InChI is InChI=1S/C14H22N2O2S2/c1-3-19-11-6-4-5-10(7-11)15-14(17)12-9-20-13(16-12)8-18-2/h9-11H,3-8H2,1-2H3,(H,15,17). The summed E-state index contributed by atoms with van der Waals surface area (Å²) in [6, 6.07) is 0.299. The van der Waals surface area contributed by atoms with Crippen LogP contribution in [0.25, 0.3) is 0 Å². The quantitative estimate of drug-likeness (QED) is 0.876. The van der Waals surface area contributed by atoms with Crippen molar-refractivity contribution in [3.05, 3.63) is 16.1 Å². The number of amides is 1. The Bertz CT molecular complexity index is 435. The van der Waals surface area contributed by atoms with Gasteiger partial charge in [-0.2, -0.15) is 11.8 Å².